The number of amides is 1. The molecule has 3 aromatic rings. The smallest absolute Gasteiger partial charge is 0.221 e. The number of aliphatic imine (C=N–C) groups is 1. The van der Waals surface area contributed by atoms with E-state index in [2.05, 4.69) is 57.8 Å². The van der Waals surface area contributed by atoms with E-state index in [0.717, 1.165) is 60.7 Å². The van der Waals surface area contributed by atoms with E-state index in [-0.39, 0.29) is 11.8 Å². The molecule has 0 bridgehead atoms. The quantitative estimate of drug-likeness (QED) is 0.382. The number of nitrogens with two attached hydrogens (primary N) is 1. The summed E-state index contributed by atoms with van der Waals surface area (Å²) in [5.74, 6) is 1.42. The van der Waals surface area contributed by atoms with Crippen molar-refractivity contribution < 1.29 is 9.21 Å². The highest BCUT2D eigenvalue weighted by atomic mass is 16.3. The highest BCUT2D eigenvalue weighted by Gasteiger charge is 2.23. The maximum atomic E-state index is 11.6. The average molecular weight is 448 g/mol. The van der Waals surface area contributed by atoms with Gasteiger partial charge >= 0.3 is 0 Å². The summed E-state index contributed by atoms with van der Waals surface area (Å²) in [6.07, 6.45) is 1.91. The molecule has 7 heteroatoms. The number of likely N-dealkylation sites (tertiary alicyclic amines) is 1. The van der Waals surface area contributed by atoms with Crippen LogP contribution in [0.2, 0.25) is 0 Å². The fourth-order valence-corrected chi connectivity index (χ4v) is 4.49. The number of aryl methyl sites for hydroxylation is 1. The standard InChI is InChI=1S/C26H33N5O2/c1-18-22-10-3-4-11-23(22)33-24(18)15-30-26(28-2)29-14-19-7-5-8-20(13-19)16-31-12-6-9-21(17-31)25(27)32/h3-5,7-8,10-11,13,21H,6,9,12,14-17H2,1-2H3,(H2,27,32)(H2,28,29,30). The zero-order chi connectivity index (χ0) is 23.2. The van der Waals surface area contributed by atoms with Crippen LogP contribution in [0.15, 0.2) is 57.9 Å². The third kappa shape index (κ3) is 5.73. The highest BCUT2D eigenvalue weighted by molar-refractivity contribution is 5.83. The lowest BCUT2D eigenvalue weighted by atomic mass is 9.97. The maximum absolute atomic E-state index is 11.6. The summed E-state index contributed by atoms with van der Waals surface area (Å²) in [7, 11) is 1.77. The van der Waals surface area contributed by atoms with Crippen LogP contribution in [0.4, 0.5) is 0 Å². The number of guanidine groups is 1. The van der Waals surface area contributed by atoms with E-state index >= 15 is 0 Å². The first-order valence-electron chi connectivity index (χ1n) is 11.5. The summed E-state index contributed by atoms with van der Waals surface area (Å²) < 4.78 is 5.99. The number of nitrogens with zero attached hydrogens (tertiary/aromatic N) is 2. The van der Waals surface area contributed by atoms with E-state index in [1.807, 2.05) is 18.2 Å². The Kier molecular flexibility index (Phi) is 7.29. The van der Waals surface area contributed by atoms with E-state index < -0.39 is 0 Å². The fourth-order valence-electron chi connectivity index (χ4n) is 4.49. The molecule has 0 saturated carbocycles. The van der Waals surface area contributed by atoms with Gasteiger partial charge in [0, 0.05) is 37.6 Å². The molecule has 0 spiro atoms. The van der Waals surface area contributed by atoms with Crippen LogP contribution in [0.25, 0.3) is 11.0 Å². The Labute approximate surface area is 195 Å². The SMILES string of the molecule is CN=C(NCc1cccc(CN2CCCC(C(N)=O)C2)c1)NCc1oc2ccccc2c1C. The molecular formula is C26H33N5O2. The lowest BCUT2D eigenvalue weighted by molar-refractivity contribution is -0.123. The van der Waals surface area contributed by atoms with Gasteiger partial charge in [-0.1, -0.05) is 42.5 Å². The van der Waals surface area contributed by atoms with Gasteiger partial charge in [0.25, 0.3) is 0 Å². The number of carbonyl (C=O) groups is 1. The number of piperidine rings is 1. The molecule has 1 fully saturated rings. The molecule has 4 N–H and O–H groups in total. The number of benzene rings is 2. The van der Waals surface area contributed by atoms with Crippen LogP contribution in [0, 0.1) is 12.8 Å². The van der Waals surface area contributed by atoms with Crippen LogP contribution in [-0.2, 0) is 24.4 Å². The highest BCUT2D eigenvalue weighted by Crippen LogP contribution is 2.24. The Morgan fingerprint density at radius 3 is 2.73 bits per heavy atom. The van der Waals surface area contributed by atoms with Gasteiger partial charge in [-0.2, -0.15) is 0 Å². The first kappa shape index (κ1) is 22.9. The molecule has 7 nitrogen and oxygen atoms in total. The Balaban J connectivity index is 1.31. The maximum Gasteiger partial charge on any atom is 0.221 e. The monoisotopic (exact) mass is 447 g/mol. The van der Waals surface area contributed by atoms with Crippen molar-refractivity contribution in [3.63, 3.8) is 0 Å². The van der Waals surface area contributed by atoms with Crippen LogP contribution in [0.5, 0.6) is 0 Å². The van der Waals surface area contributed by atoms with Crippen LogP contribution < -0.4 is 16.4 Å². The van der Waals surface area contributed by atoms with Gasteiger partial charge in [0.2, 0.25) is 5.91 Å². The minimum atomic E-state index is -0.186. The fraction of sp³-hybridized carbons (Fsp3) is 0.385. The summed E-state index contributed by atoms with van der Waals surface area (Å²) in [4.78, 5) is 18.2. The van der Waals surface area contributed by atoms with E-state index in [9.17, 15) is 4.79 Å². The zero-order valence-corrected chi connectivity index (χ0v) is 19.4. The normalized spacial score (nSPS) is 17.3. The number of rotatable bonds is 7. The first-order chi connectivity index (χ1) is 16.0. The molecule has 1 atom stereocenters. The lowest BCUT2D eigenvalue weighted by Gasteiger charge is -2.31. The molecule has 1 unspecified atom stereocenters. The predicted molar refractivity (Wildman–Crippen MR) is 132 cm³/mol. The van der Waals surface area contributed by atoms with Crippen molar-refractivity contribution in [2.45, 2.75) is 39.4 Å². The molecule has 4 rings (SSSR count). The van der Waals surface area contributed by atoms with Crippen molar-refractivity contribution in [2.24, 2.45) is 16.6 Å². The van der Waals surface area contributed by atoms with Crippen molar-refractivity contribution >= 4 is 22.8 Å². The molecular weight excluding hydrogens is 414 g/mol. The van der Waals surface area contributed by atoms with Crippen LogP contribution >= 0.6 is 0 Å². The number of carbonyl (C=O) groups excluding carboxylic acids is 1. The Morgan fingerprint density at radius 1 is 1.15 bits per heavy atom. The minimum absolute atomic E-state index is 0.0339. The average Bonchev–Trinajstić information content (AvgIpc) is 3.15. The van der Waals surface area contributed by atoms with Crippen molar-refractivity contribution in [3.8, 4) is 0 Å². The van der Waals surface area contributed by atoms with Crippen molar-refractivity contribution in [1.82, 2.24) is 15.5 Å². The van der Waals surface area contributed by atoms with Crippen LogP contribution in [-0.4, -0.2) is 36.9 Å². The van der Waals surface area contributed by atoms with Crippen LogP contribution in [0.3, 0.4) is 0 Å². The van der Waals surface area contributed by atoms with Gasteiger partial charge in [0.1, 0.15) is 11.3 Å². The molecule has 2 aromatic carbocycles. The van der Waals surface area contributed by atoms with Gasteiger partial charge < -0.3 is 20.8 Å². The molecule has 1 aliphatic heterocycles. The van der Waals surface area contributed by atoms with Crippen molar-refractivity contribution in [3.05, 3.63) is 71.0 Å². The molecule has 2 heterocycles. The number of nitrogens with one attached hydrogen (secondary N) is 2. The van der Waals surface area contributed by atoms with Gasteiger partial charge in [0.05, 0.1) is 12.5 Å². The van der Waals surface area contributed by atoms with E-state index in [1.165, 1.54) is 11.1 Å². The summed E-state index contributed by atoms with van der Waals surface area (Å²) in [6.45, 7) is 5.89. The van der Waals surface area contributed by atoms with E-state index in [4.69, 9.17) is 10.2 Å². The summed E-state index contributed by atoms with van der Waals surface area (Å²) in [5.41, 5.74) is 9.99. The number of hydrogen-bond acceptors (Lipinski definition) is 4. The Hall–Kier alpha value is -3.32. The molecule has 1 saturated heterocycles. The van der Waals surface area contributed by atoms with Crippen molar-refractivity contribution in [1.29, 1.82) is 0 Å². The topological polar surface area (TPSA) is 95.9 Å². The molecule has 0 aliphatic carbocycles. The number of fused-ring (bicyclic) bond motifs is 1. The van der Waals surface area contributed by atoms with Crippen LogP contribution in [0.1, 0.15) is 35.3 Å². The second kappa shape index (κ2) is 10.5. The summed E-state index contributed by atoms with van der Waals surface area (Å²) in [6, 6.07) is 16.6. The van der Waals surface area contributed by atoms with E-state index in [1.54, 1.807) is 7.05 Å². The lowest BCUT2D eigenvalue weighted by Crippen LogP contribution is -2.40. The van der Waals surface area contributed by atoms with Gasteiger partial charge in [0.15, 0.2) is 5.96 Å². The van der Waals surface area contributed by atoms with Gasteiger partial charge in [-0.25, -0.2) is 0 Å². The second-order valence-corrected chi connectivity index (χ2v) is 8.72. The Morgan fingerprint density at radius 2 is 1.94 bits per heavy atom. The second-order valence-electron chi connectivity index (χ2n) is 8.72. The molecule has 0 radical (unpaired) electrons. The molecule has 174 valence electrons. The zero-order valence-electron chi connectivity index (χ0n) is 19.4. The number of hydrogen-bond donors (Lipinski definition) is 3. The van der Waals surface area contributed by atoms with Gasteiger partial charge in [-0.15, -0.1) is 0 Å². The van der Waals surface area contributed by atoms with Crippen molar-refractivity contribution in [2.75, 3.05) is 20.1 Å². The van der Waals surface area contributed by atoms with E-state index in [0.29, 0.717) is 13.1 Å². The molecule has 33 heavy (non-hydrogen) atoms. The molecule has 1 aromatic heterocycles. The molecule has 1 aliphatic rings. The Bertz CT molecular complexity index is 1140. The predicted octanol–water partition coefficient (Wildman–Crippen LogP) is 3.30. The van der Waals surface area contributed by atoms with Gasteiger partial charge in [-0.05, 0) is 43.5 Å². The third-order valence-electron chi connectivity index (χ3n) is 6.35. The number of primary amides is 1. The summed E-state index contributed by atoms with van der Waals surface area (Å²) in [5, 5.41) is 7.87. The number of para-hydroxylation sites is 1. The van der Waals surface area contributed by atoms with Gasteiger partial charge in [-0.3, -0.25) is 14.7 Å². The molecule has 1 amide bonds. The largest absolute Gasteiger partial charge is 0.459 e. The number of furan rings is 1. The summed E-state index contributed by atoms with van der Waals surface area (Å²) >= 11 is 0. The third-order valence-corrected chi connectivity index (χ3v) is 6.35. The minimum Gasteiger partial charge on any atom is -0.459 e. The first-order valence-corrected chi connectivity index (χ1v) is 11.5.